The van der Waals surface area contributed by atoms with E-state index in [2.05, 4.69) is 88.9 Å². The van der Waals surface area contributed by atoms with Crippen LogP contribution in [0.4, 0.5) is 22.7 Å². The zero-order valence-electron chi connectivity index (χ0n) is 15.3. The molecule has 0 saturated carbocycles. The first kappa shape index (κ1) is 16.3. The highest BCUT2D eigenvalue weighted by Gasteiger charge is 2.30. The molecule has 4 aromatic carbocycles. The summed E-state index contributed by atoms with van der Waals surface area (Å²) in [7, 11) is 0. The molecule has 1 aliphatic heterocycles. The molecule has 3 heteroatoms. The lowest BCUT2D eigenvalue weighted by Crippen LogP contribution is -2.46. The molecule has 0 N–H and O–H groups in total. The summed E-state index contributed by atoms with van der Waals surface area (Å²) in [5.41, 5.74) is 5.22. The Hall–Kier alpha value is -3.85. The van der Waals surface area contributed by atoms with E-state index in [0.29, 0.717) is 0 Å². The van der Waals surface area contributed by atoms with Gasteiger partial charge in [-0.2, -0.15) is 0 Å². The third-order valence-electron chi connectivity index (χ3n) is 4.77. The Bertz CT molecular complexity index is 1110. The third-order valence-corrected chi connectivity index (χ3v) is 4.77. The number of hydrogen-bond donors (Lipinski definition) is 0. The van der Waals surface area contributed by atoms with E-state index in [-0.39, 0.29) is 0 Å². The Labute approximate surface area is 164 Å². The lowest BCUT2D eigenvalue weighted by Gasteiger charge is -2.41. The van der Waals surface area contributed by atoms with Crippen LogP contribution in [0.25, 0.3) is 0 Å². The molecule has 0 spiro atoms. The Morgan fingerprint density at radius 3 is 1.61 bits per heavy atom. The standard InChI is InChI=1S/C25H19N3/c1-4-12-20(13-5-1)25-26-23-18-10-11-19-24(23)27(21-14-6-2-7-15-21)28(25)22-16-8-3-9-17-22/h1-19H. The molecular formula is C25H19N3. The fourth-order valence-corrected chi connectivity index (χ4v) is 3.51. The van der Waals surface area contributed by atoms with Crippen molar-refractivity contribution in [3.63, 3.8) is 0 Å². The zero-order valence-corrected chi connectivity index (χ0v) is 15.3. The molecule has 0 aromatic heterocycles. The van der Waals surface area contributed by atoms with Gasteiger partial charge in [0.1, 0.15) is 0 Å². The average Bonchev–Trinajstić information content (AvgIpc) is 2.79. The van der Waals surface area contributed by atoms with Gasteiger partial charge in [0.15, 0.2) is 5.84 Å². The molecule has 28 heavy (non-hydrogen) atoms. The average molecular weight is 361 g/mol. The van der Waals surface area contributed by atoms with E-state index in [9.17, 15) is 0 Å². The fraction of sp³-hybridized carbons (Fsp3) is 0. The minimum absolute atomic E-state index is 0.898. The second-order valence-corrected chi connectivity index (χ2v) is 6.58. The van der Waals surface area contributed by atoms with E-state index in [1.54, 1.807) is 0 Å². The van der Waals surface area contributed by atoms with Crippen LogP contribution in [0.1, 0.15) is 5.56 Å². The summed E-state index contributed by atoms with van der Waals surface area (Å²) in [4.78, 5) is 5.05. The summed E-state index contributed by atoms with van der Waals surface area (Å²) in [5, 5.41) is 4.42. The maximum atomic E-state index is 5.05. The van der Waals surface area contributed by atoms with E-state index < -0.39 is 0 Å². The maximum Gasteiger partial charge on any atom is 0.160 e. The second kappa shape index (κ2) is 7.05. The molecule has 0 radical (unpaired) electrons. The first-order valence-corrected chi connectivity index (χ1v) is 9.35. The number of fused-ring (bicyclic) bond motifs is 1. The topological polar surface area (TPSA) is 18.8 Å². The van der Waals surface area contributed by atoms with Crippen molar-refractivity contribution in [2.45, 2.75) is 0 Å². The van der Waals surface area contributed by atoms with Crippen molar-refractivity contribution in [2.24, 2.45) is 4.99 Å². The molecule has 4 aromatic rings. The second-order valence-electron chi connectivity index (χ2n) is 6.58. The summed E-state index contributed by atoms with van der Waals surface area (Å²) >= 11 is 0. The fourth-order valence-electron chi connectivity index (χ4n) is 3.51. The lowest BCUT2D eigenvalue weighted by atomic mass is 10.1. The number of nitrogens with zero attached hydrogens (tertiary/aromatic N) is 3. The molecule has 0 unspecified atom stereocenters. The van der Waals surface area contributed by atoms with Gasteiger partial charge in [-0.3, -0.25) is 0 Å². The number of amidine groups is 1. The predicted octanol–water partition coefficient (Wildman–Crippen LogP) is 6.34. The summed E-state index contributed by atoms with van der Waals surface area (Å²) in [6.07, 6.45) is 0. The van der Waals surface area contributed by atoms with Gasteiger partial charge in [0.25, 0.3) is 0 Å². The van der Waals surface area contributed by atoms with Gasteiger partial charge in [0, 0.05) is 5.56 Å². The molecule has 0 aliphatic carbocycles. The van der Waals surface area contributed by atoms with Gasteiger partial charge in [-0.25, -0.2) is 15.0 Å². The molecule has 5 rings (SSSR count). The Kier molecular flexibility index (Phi) is 4.11. The number of hydrogen-bond acceptors (Lipinski definition) is 3. The maximum absolute atomic E-state index is 5.05. The smallest absolute Gasteiger partial charge is 0.160 e. The van der Waals surface area contributed by atoms with Crippen molar-refractivity contribution in [3.8, 4) is 0 Å². The normalized spacial score (nSPS) is 13.1. The van der Waals surface area contributed by atoms with Crippen molar-refractivity contribution in [3.05, 3.63) is 121 Å². The van der Waals surface area contributed by atoms with E-state index in [1.165, 1.54) is 0 Å². The highest BCUT2D eigenvalue weighted by atomic mass is 15.7. The third kappa shape index (κ3) is 2.83. The predicted molar refractivity (Wildman–Crippen MR) is 117 cm³/mol. The highest BCUT2D eigenvalue weighted by molar-refractivity contribution is 6.15. The van der Waals surface area contributed by atoms with E-state index >= 15 is 0 Å². The van der Waals surface area contributed by atoms with Crippen molar-refractivity contribution in [1.82, 2.24) is 0 Å². The highest BCUT2D eigenvalue weighted by Crippen LogP contribution is 2.41. The summed E-state index contributed by atoms with van der Waals surface area (Å²) in [6, 6.07) is 39.4. The number of anilines is 3. The Morgan fingerprint density at radius 1 is 0.464 bits per heavy atom. The molecule has 0 fully saturated rings. The first-order valence-electron chi connectivity index (χ1n) is 9.35. The quantitative estimate of drug-likeness (QED) is 0.424. The molecule has 1 heterocycles. The number of benzene rings is 4. The van der Waals surface area contributed by atoms with Gasteiger partial charge in [0.2, 0.25) is 0 Å². The first-order chi connectivity index (χ1) is 13.9. The lowest BCUT2D eigenvalue weighted by molar-refractivity contribution is 0.997. The molecule has 3 nitrogen and oxygen atoms in total. The molecule has 0 atom stereocenters. The van der Waals surface area contributed by atoms with Crippen LogP contribution in [0.5, 0.6) is 0 Å². The van der Waals surface area contributed by atoms with Gasteiger partial charge in [-0.05, 0) is 36.4 Å². The molecule has 1 aliphatic rings. The van der Waals surface area contributed by atoms with Crippen LogP contribution in [-0.2, 0) is 0 Å². The van der Waals surface area contributed by atoms with Crippen LogP contribution in [0, 0.1) is 0 Å². The van der Waals surface area contributed by atoms with Crippen LogP contribution in [-0.4, -0.2) is 5.84 Å². The van der Waals surface area contributed by atoms with Gasteiger partial charge in [-0.15, -0.1) is 0 Å². The molecule has 0 saturated heterocycles. The minimum atomic E-state index is 0.898. The van der Waals surface area contributed by atoms with Crippen LogP contribution in [0.15, 0.2) is 120 Å². The number of rotatable bonds is 3. The van der Waals surface area contributed by atoms with Gasteiger partial charge in [-0.1, -0.05) is 78.9 Å². The van der Waals surface area contributed by atoms with Crippen LogP contribution >= 0.6 is 0 Å². The van der Waals surface area contributed by atoms with Crippen molar-refractivity contribution in [1.29, 1.82) is 0 Å². The monoisotopic (exact) mass is 361 g/mol. The molecule has 134 valence electrons. The van der Waals surface area contributed by atoms with E-state index in [4.69, 9.17) is 4.99 Å². The van der Waals surface area contributed by atoms with E-state index in [0.717, 1.165) is 34.1 Å². The van der Waals surface area contributed by atoms with Crippen LogP contribution < -0.4 is 10.0 Å². The van der Waals surface area contributed by atoms with Gasteiger partial charge < -0.3 is 0 Å². The SMILES string of the molecule is c1ccc(C2=Nc3ccccc3N(c3ccccc3)N2c2ccccc2)cc1. The zero-order chi connectivity index (χ0) is 18.8. The minimum Gasteiger partial charge on any atom is -0.245 e. The molecule has 0 bridgehead atoms. The van der Waals surface area contributed by atoms with Crippen molar-refractivity contribution >= 4 is 28.6 Å². The van der Waals surface area contributed by atoms with Gasteiger partial charge >= 0.3 is 0 Å². The Balaban J connectivity index is 1.79. The summed E-state index contributed by atoms with van der Waals surface area (Å²) in [6.45, 7) is 0. The summed E-state index contributed by atoms with van der Waals surface area (Å²) in [5.74, 6) is 0.898. The largest absolute Gasteiger partial charge is 0.245 e. The number of aliphatic imine (C=N–C) groups is 1. The van der Waals surface area contributed by atoms with E-state index in [1.807, 2.05) is 36.4 Å². The van der Waals surface area contributed by atoms with Gasteiger partial charge in [0.05, 0.1) is 22.7 Å². The molecular weight excluding hydrogens is 342 g/mol. The van der Waals surface area contributed by atoms with Crippen LogP contribution in [0.3, 0.4) is 0 Å². The Morgan fingerprint density at radius 2 is 0.964 bits per heavy atom. The number of hydrazine groups is 1. The van der Waals surface area contributed by atoms with Crippen molar-refractivity contribution in [2.75, 3.05) is 10.0 Å². The summed E-state index contributed by atoms with van der Waals surface area (Å²) < 4.78 is 0. The van der Waals surface area contributed by atoms with Crippen LogP contribution in [0.2, 0.25) is 0 Å². The molecule has 0 amide bonds. The van der Waals surface area contributed by atoms with Crippen molar-refractivity contribution < 1.29 is 0 Å². The number of para-hydroxylation sites is 4.